The Morgan fingerprint density at radius 2 is 1.27 bits per heavy atom. The Kier molecular flexibility index (Phi) is 9.14. The van der Waals surface area contributed by atoms with Crippen molar-refractivity contribution in [3.63, 3.8) is 0 Å². The molecule has 51 heavy (non-hydrogen) atoms. The molecule has 0 aliphatic carbocycles. The molecular formula is C32H24O17P2. The summed E-state index contributed by atoms with van der Waals surface area (Å²) in [6.45, 7) is 0. The topological polar surface area (TPSA) is 262 Å². The van der Waals surface area contributed by atoms with Gasteiger partial charge in [-0.1, -0.05) is 0 Å². The van der Waals surface area contributed by atoms with Crippen LogP contribution in [0.2, 0.25) is 0 Å². The van der Waals surface area contributed by atoms with Gasteiger partial charge >= 0.3 is 15.6 Å². The lowest BCUT2D eigenvalue weighted by Crippen LogP contribution is -2.04. The van der Waals surface area contributed by atoms with Crippen LogP contribution in [0.25, 0.3) is 55.7 Å². The van der Waals surface area contributed by atoms with Crippen molar-refractivity contribution >= 4 is 37.6 Å². The zero-order chi connectivity index (χ0) is 36.8. The molecule has 19 heteroatoms. The highest BCUT2D eigenvalue weighted by Gasteiger charge is 2.28. The molecule has 0 radical (unpaired) electrons. The summed E-state index contributed by atoms with van der Waals surface area (Å²) in [7, 11) is -7.59. The molecule has 0 amide bonds. The van der Waals surface area contributed by atoms with Crippen molar-refractivity contribution in [3.05, 3.63) is 93.2 Å². The van der Waals surface area contributed by atoms with E-state index in [4.69, 9.17) is 28.1 Å². The van der Waals surface area contributed by atoms with Crippen molar-refractivity contribution in [2.24, 2.45) is 0 Å². The highest BCUT2D eigenvalue weighted by Crippen LogP contribution is 2.51. The Balaban J connectivity index is 1.63. The van der Waals surface area contributed by atoms with Crippen LogP contribution in [-0.2, 0) is 13.8 Å². The standard InChI is InChI=1S/C32H24O17P2/c1-43-17-6-3-15(4-7-17)25-13-22(35)31-23(36)14-28(48-50(38,39)40)29(32(31)46-25)19-9-16(5-8-24(19)44-2)26-12-21(34)30-20(33)10-18(11-27(30)45-26)47-51(41,42)49-37/h3-14,33,36-37H,1-2H3,(H,41,42)(H2,38,39,40). The molecule has 0 spiro atoms. The molecule has 6 aromatic rings. The van der Waals surface area contributed by atoms with E-state index in [9.17, 15) is 43.6 Å². The third kappa shape index (κ3) is 7.04. The maximum Gasteiger partial charge on any atom is 0.555 e. The average Bonchev–Trinajstić information content (AvgIpc) is 3.06. The number of aromatic hydroxyl groups is 2. The first-order valence-corrected chi connectivity index (χ1v) is 17.2. The fraction of sp³-hybridized carbons (Fsp3) is 0.0625. The quantitative estimate of drug-likeness (QED) is 0.0553. The Morgan fingerprint density at radius 3 is 1.90 bits per heavy atom. The molecule has 0 saturated carbocycles. The molecule has 6 rings (SSSR count). The minimum atomic E-state index is -5.32. The molecule has 4 aromatic carbocycles. The Hall–Kier alpha value is -5.64. The molecule has 0 aliphatic heterocycles. The van der Waals surface area contributed by atoms with Crippen molar-refractivity contribution in [2.75, 3.05) is 14.2 Å². The van der Waals surface area contributed by atoms with E-state index in [2.05, 4.69) is 9.20 Å². The van der Waals surface area contributed by atoms with Crippen LogP contribution in [0, 0.1) is 0 Å². The predicted molar refractivity (Wildman–Crippen MR) is 178 cm³/mol. The average molecular weight is 742 g/mol. The molecule has 2 aromatic heterocycles. The Labute approximate surface area is 284 Å². The minimum Gasteiger partial charge on any atom is -0.507 e. The van der Waals surface area contributed by atoms with Crippen LogP contribution in [0.5, 0.6) is 34.5 Å². The van der Waals surface area contributed by atoms with E-state index in [0.717, 1.165) is 30.3 Å². The van der Waals surface area contributed by atoms with Gasteiger partial charge in [-0.2, -0.15) is 0 Å². The Morgan fingerprint density at radius 1 is 0.647 bits per heavy atom. The molecule has 0 bridgehead atoms. The normalized spacial score (nSPS) is 12.8. The van der Waals surface area contributed by atoms with E-state index in [1.54, 1.807) is 24.3 Å². The Bertz CT molecular complexity index is 2550. The summed E-state index contributed by atoms with van der Waals surface area (Å²) in [4.78, 5) is 55.7. The number of benzene rings is 4. The maximum absolute atomic E-state index is 13.5. The van der Waals surface area contributed by atoms with Crippen molar-refractivity contribution in [2.45, 2.75) is 0 Å². The van der Waals surface area contributed by atoms with Crippen LogP contribution in [0.3, 0.4) is 0 Å². The van der Waals surface area contributed by atoms with E-state index in [0.29, 0.717) is 11.3 Å². The molecule has 1 atom stereocenters. The predicted octanol–water partition coefficient (Wildman–Crippen LogP) is 5.77. The molecule has 1 unspecified atom stereocenters. The number of phosphoric acid groups is 2. The van der Waals surface area contributed by atoms with Gasteiger partial charge in [-0.3, -0.25) is 24.3 Å². The summed E-state index contributed by atoms with van der Waals surface area (Å²) in [5, 5.41) is 29.2. The molecular weight excluding hydrogens is 718 g/mol. The molecule has 264 valence electrons. The van der Waals surface area contributed by atoms with E-state index in [-0.39, 0.29) is 55.9 Å². The molecule has 6 N–H and O–H groups in total. The van der Waals surface area contributed by atoms with Crippen LogP contribution >= 0.6 is 15.6 Å². The van der Waals surface area contributed by atoms with Crippen LogP contribution in [0.1, 0.15) is 0 Å². The monoisotopic (exact) mass is 742 g/mol. The number of methoxy groups -OCH3 is 2. The molecule has 0 saturated heterocycles. The first-order chi connectivity index (χ1) is 24.1. The third-order valence-corrected chi connectivity index (χ3v) is 8.48. The number of phenols is 2. The highest BCUT2D eigenvalue weighted by atomic mass is 31.2. The maximum atomic E-state index is 13.5. The van der Waals surface area contributed by atoms with Gasteiger partial charge in [0.25, 0.3) is 0 Å². The number of hydrogen-bond acceptors (Lipinski definition) is 14. The number of ether oxygens (including phenoxy) is 2. The van der Waals surface area contributed by atoms with Gasteiger partial charge in [0.05, 0.1) is 19.8 Å². The van der Waals surface area contributed by atoms with Gasteiger partial charge < -0.3 is 37.6 Å². The smallest absolute Gasteiger partial charge is 0.507 e. The van der Waals surface area contributed by atoms with Gasteiger partial charge in [-0.05, 0) is 42.5 Å². The molecule has 2 heterocycles. The molecule has 0 aliphatic rings. The van der Waals surface area contributed by atoms with Crippen molar-refractivity contribution in [1.82, 2.24) is 0 Å². The second kappa shape index (κ2) is 13.2. The largest absolute Gasteiger partial charge is 0.555 e. The summed E-state index contributed by atoms with van der Waals surface area (Å²) < 4.78 is 59.6. The second-order valence-corrected chi connectivity index (χ2v) is 13.1. The van der Waals surface area contributed by atoms with E-state index in [1.165, 1.54) is 32.4 Å². The summed E-state index contributed by atoms with van der Waals surface area (Å²) >= 11 is 0. The van der Waals surface area contributed by atoms with E-state index >= 15 is 0 Å². The second-order valence-electron chi connectivity index (χ2n) is 10.6. The van der Waals surface area contributed by atoms with E-state index in [1.807, 2.05) is 0 Å². The summed E-state index contributed by atoms with van der Waals surface area (Å²) in [5.74, 6) is -2.19. The number of phosphoric ester groups is 2. The van der Waals surface area contributed by atoms with Crippen molar-refractivity contribution in [3.8, 4) is 68.3 Å². The first-order valence-electron chi connectivity index (χ1n) is 14.2. The molecule has 0 fully saturated rings. The van der Waals surface area contributed by atoms with Gasteiger partial charge in [0.1, 0.15) is 62.4 Å². The van der Waals surface area contributed by atoms with Crippen LogP contribution in [-0.4, -0.2) is 44.4 Å². The summed E-state index contributed by atoms with van der Waals surface area (Å²) in [6, 6.07) is 15.3. The van der Waals surface area contributed by atoms with Gasteiger partial charge in [-0.15, -0.1) is 4.67 Å². The number of rotatable bonds is 10. The van der Waals surface area contributed by atoms with Crippen LogP contribution in [0.15, 0.2) is 91.2 Å². The fourth-order valence-corrected chi connectivity index (χ4v) is 6.10. The lowest BCUT2D eigenvalue weighted by molar-refractivity contribution is -0.156. The van der Waals surface area contributed by atoms with Crippen LogP contribution in [0.4, 0.5) is 0 Å². The SMILES string of the molecule is COc1ccc(-c2cc(=O)c3c(O)cc(OP(=O)(O)O)c(-c4cc(-c5cc(=O)c6c(O)cc(OP(=O)(O)OO)cc6o5)ccc4OC)c3o2)cc1. The third-order valence-electron chi connectivity index (χ3n) is 7.40. The van der Waals surface area contributed by atoms with Gasteiger partial charge in [-0.25, -0.2) is 14.4 Å². The fourth-order valence-electron chi connectivity index (χ4n) is 5.29. The lowest BCUT2D eigenvalue weighted by Gasteiger charge is -2.18. The zero-order valence-corrected chi connectivity index (χ0v) is 27.8. The van der Waals surface area contributed by atoms with Gasteiger partial charge in [0, 0.05) is 47.0 Å². The van der Waals surface area contributed by atoms with E-state index < -0.39 is 49.5 Å². The molecule has 17 nitrogen and oxygen atoms in total. The van der Waals surface area contributed by atoms with Gasteiger partial charge in [0.2, 0.25) is 0 Å². The minimum absolute atomic E-state index is 0.00312. The summed E-state index contributed by atoms with van der Waals surface area (Å²) in [5.41, 5.74) is -1.96. The summed E-state index contributed by atoms with van der Waals surface area (Å²) in [6.07, 6.45) is 0. The number of hydrogen-bond donors (Lipinski definition) is 6. The highest BCUT2D eigenvalue weighted by molar-refractivity contribution is 7.47. The van der Waals surface area contributed by atoms with Gasteiger partial charge in [0.15, 0.2) is 16.4 Å². The van der Waals surface area contributed by atoms with Crippen molar-refractivity contribution < 1.29 is 71.3 Å². The lowest BCUT2D eigenvalue weighted by atomic mass is 9.96. The number of fused-ring (bicyclic) bond motifs is 2. The zero-order valence-electron chi connectivity index (χ0n) is 26.0. The first kappa shape index (κ1) is 35.2. The number of phenolic OH excluding ortho intramolecular Hbond substituents is 2. The van der Waals surface area contributed by atoms with Crippen molar-refractivity contribution in [1.29, 1.82) is 0 Å². The van der Waals surface area contributed by atoms with Crippen LogP contribution < -0.4 is 29.4 Å².